The van der Waals surface area contributed by atoms with Crippen LogP contribution in [-0.2, 0) is 26.9 Å². The summed E-state index contributed by atoms with van der Waals surface area (Å²) in [6.07, 6.45) is -2.29. The van der Waals surface area contributed by atoms with Crippen LogP contribution in [0.25, 0.3) is 0 Å². The standard InChI is InChI=1S/C26H44O6/c1-16(14-25(8,9)26(10,11)21(28)29)32-22(30)31-15-17-12-18(23(2,3)4)20(27)19(13-17)24(5,6)7/h12-13,16,21,27-29H,14-15H2,1-11H3. The third kappa shape index (κ3) is 6.85. The van der Waals surface area contributed by atoms with Gasteiger partial charge in [0.25, 0.3) is 0 Å². The van der Waals surface area contributed by atoms with Crippen LogP contribution in [0.1, 0.15) is 99.3 Å². The summed E-state index contributed by atoms with van der Waals surface area (Å²) in [6, 6.07) is 3.74. The number of phenolic OH excluding ortho intramolecular Hbond substituents is 1. The Morgan fingerprint density at radius 3 is 1.72 bits per heavy atom. The van der Waals surface area contributed by atoms with Gasteiger partial charge in [-0.2, -0.15) is 0 Å². The number of hydrogen-bond acceptors (Lipinski definition) is 6. The van der Waals surface area contributed by atoms with Crippen molar-refractivity contribution >= 4 is 6.16 Å². The molecule has 0 saturated heterocycles. The van der Waals surface area contributed by atoms with Crippen molar-refractivity contribution in [1.29, 1.82) is 0 Å². The van der Waals surface area contributed by atoms with Crippen LogP contribution in [0.15, 0.2) is 12.1 Å². The summed E-state index contributed by atoms with van der Waals surface area (Å²) in [5.41, 5.74) is 0.560. The second-order valence-corrected chi connectivity index (χ2v) is 12.2. The number of carbonyl (C=O) groups is 1. The molecule has 0 aromatic heterocycles. The molecule has 0 aliphatic rings. The van der Waals surface area contributed by atoms with Gasteiger partial charge in [0, 0.05) is 5.41 Å². The predicted molar refractivity (Wildman–Crippen MR) is 127 cm³/mol. The Hall–Kier alpha value is -1.79. The summed E-state index contributed by atoms with van der Waals surface area (Å²) in [5.74, 6) is 0.279. The summed E-state index contributed by atoms with van der Waals surface area (Å²) in [6.45, 7) is 21.3. The molecule has 1 atom stereocenters. The zero-order valence-electron chi connectivity index (χ0n) is 21.8. The fraction of sp³-hybridized carbons (Fsp3) is 0.731. The molecule has 1 aromatic rings. The van der Waals surface area contributed by atoms with Crippen LogP contribution in [0.2, 0.25) is 0 Å². The molecule has 0 heterocycles. The molecule has 1 unspecified atom stereocenters. The van der Waals surface area contributed by atoms with Gasteiger partial charge in [-0.05, 0) is 58.4 Å². The van der Waals surface area contributed by atoms with Crippen LogP contribution < -0.4 is 0 Å². The van der Waals surface area contributed by atoms with Gasteiger partial charge in [0.2, 0.25) is 0 Å². The van der Waals surface area contributed by atoms with Crippen LogP contribution in [-0.4, -0.2) is 33.9 Å². The Labute approximate surface area is 194 Å². The van der Waals surface area contributed by atoms with Crippen molar-refractivity contribution in [1.82, 2.24) is 0 Å². The summed E-state index contributed by atoms with van der Waals surface area (Å²) in [4.78, 5) is 12.3. The maximum atomic E-state index is 12.3. The van der Waals surface area contributed by atoms with Crippen molar-refractivity contribution in [2.24, 2.45) is 10.8 Å². The smallest absolute Gasteiger partial charge is 0.507 e. The maximum absolute atomic E-state index is 12.3. The van der Waals surface area contributed by atoms with Gasteiger partial charge >= 0.3 is 6.16 Å². The van der Waals surface area contributed by atoms with Crippen LogP contribution in [0.5, 0.6) is 5.75 Å². The fourth-order valence-electron chi connectivity index (χ4n) is 3.63. The summed E-state index contributed by atoms with van der Waals surface area (Å²) in [5, 5.41) is 30.2. The van der Waals surface area contributed by atoms with Crippen molar-refractivity contribution in [2.75, 3.05) is 0 Å². The van der Waals surface area contributed by atoms with Crippen LogP contribution >= 0.6 is 0 Å². The lowest BCUT2D eigenvalue weighted by Gasteiger charge is -2.43. The average Bonchev–Trinajstić information content (AvgIpc) is 2.57. The van der Waals surface area contributed by atoms with E-state index in [2.05, 4.69) is 0 Å². The molecule has 0 amide bonds. The molecule has 6 nitrogen and oxygen atoms in total. The van der Waals surface area contributed by atoms with E-state index in [0.29, 0.717) is 6.42 Å². The molecule has 3 N–H and O–H groups in total. The largest absolute Gasteiger partial charge is 0.508 e. The van der Waals surface area contributed by atoms with Gasteiger partial charge in [-0.1, -0.05) is 69.2 Å². The van der Waals surface area contributed by atoms with Gasteiger partial charge < -0.3 is 24.8 Å². The molecule has 0 aliphatic heterocycles. The number of aromatic hydroxyl groups is 1. The number of phenols is 1. The second-order valence-electron chi connectivity index (χ2n) is 12.2. The first kappa shape index (κ1) is 28.2. The summed E-state index contributed by atoms with van der Waals surface area (Å²) < 4.78 is 10.8. The third-order valence-electron chi connectivity index (χ3n) is 6.63. The lowest BCUT2D eigenvalue weighted by atomic mass is 9.65. The molecule has 32 heavy (non-hydrogen) atoms. The minimum absolute atomic E-state index is 0.0300. The van der Waals surface area contributed by atoms with Crippen molar-refractivity contribution < 1.29 is 29.6 Å². The molecule has 1 aromatic carbocycles. The van der Waals surface area contributed by atoms with Crippen molar-refractivity contribution in [3.8, 4) is 5.75 Å². The molecule has 6 heteroatoms. The first-order chi connectivity index (χ1) is 14.2. The number of hydrogen-bond donors (Lipinski definition) is 3. The van der Waals surface area contributed by atoms with Crippen LogP contribution in [0.3, 0.4) is 0 Å². The van der Waals surface area contributed by atoms with E-state index in [-0.39, 0.29) is 23.2 Å². The third-order valence-corrected chi connectivity index (χ3v) is 6.63. The van der Waals surface area contributed by atoms with E-state index in [9.17, 15) is 20.1 Å². The quantitative estimate of drug-likeness (QED) is 0.358. The number of aliphatic hydroxyl groups is 2. The molecule has 0 fully saturated rings. The van der Waals surface area contributed by atoms with Gasteiger partial charge in [0.05, 0.1) is 0 Å². The minimum Gasteiger partial charge on any atom is -0.507 e. The lowest BCUT2D eigenvalue weighted by molar-refractivity contribution is -0.170. The van der Waals surface area contributed by atoms with Gasteiger partial charge in [-0.25, -0.2) is 4.79 Å². The Balaban J connectivity index is 2.93. The highest BCUT2D eigenvalue weighted by Gasteiger charge is 2.43. The Bertz CT molecular complexity index is 759. The minimum atomic E-state index is -1.49. The number of aliphatic hydroxyl groups excluding tert-OH is 1. The van der Waals surface area contributed by atoms with Crippen molar-refractivity contribution in [3.05, 3.63) is 28.8 Å². The van der Waals surface area contributed by atoms with E-state index in [1.54, 1.807) is 20.8 Å². The van der Waals surface area contributed by atoms with E-state index in [1.807, 2.05) is 67.5 Å². The van der Waals surface area contributed by atoms with Gasteiger partial charge in [-0.15, -0.1) is 0 Å². The highest BCUT2D eigenvalue weighted by molar-refractivity contribution is 5.60. The molecule has 0 bridgehead atoms. The lowest BCUT2D eigenvalue weighted by Crippen LogP contribution is -2.44. The number of benzene rings is 1. The number of rotatable bonds is 7. The molecule has 1 rings (SSSR count). The Morgan fingerprint density at radius 1 is 0.906 bits per heavy atom. The first-order valence-electron chi connectivity index (χ1n) is 11.3. The maximum Gasteiger partial charge on any atom is 0.508 e. The van der Waals surface area contributed by atoms with E-state index in [4.69, 9.17) is 9.47 Å². The van der Waals surface area contributed by atoms with E-state index in [0.717, 1.165) is 16.7 Å². The second kappa shape index (κ2) is 9.60. The first-order valence-corrected chi connectivity index (χ1v) is 11.3. The monoisotopic (exact) mass is 452 g/mol. The van der Waals surface area contributed by atoms with Crippen LogP contribution in [0, 0.1) is 10.8 Å². The Kier molecular flexibility index (Phi) is 8.47. The molecule has 0 saturated carbocycles. The molecule has 0 radical (unpaired) electrons. The molecule has 184 valence electrons. The summed E-state index contributed by atoms with van der Waals surface area (Å²) in [7, 11) is 0. The fourth-order valence-corrected chi connectivity index (χ4v) is 3.63. The zero-order valence-corrected chi connectivity index (χ0v) is 21.8. The van der Waals surface area contributed by atoms with E-state index in [1.165, 1.54) is 0 Å². The van der Waals surface area contributed by atoms with Gasteiger partial charge in [0.1, 0.15) is 18.5 Å². The molecular formula is C26H44O6. The highest BCUT2D eigenvalue weighted by atomic mass is 16.7. The topological polar surface area (TPSA) is 96.2 Å². The van der Waals surface area contributed by atoms with Crippen LogP contribution in [0.4, 0.5) is 4.79 Å². The van der Waals surface area contributed by atoms with Gasteiger partial charge in [-0.3, -0.25) is 0 Å². The number of ether oxygens (including phenoxy) is 2. The summed E-state index contributed by atoms with van der Waals surface area (Å²) >= 11 is 0. The molecule has 0 aliphatic carbocycles. The predicted octanol–water partition coefficient (Wildman–Crippen LogP) is 5.78. The van der Waals surface area contributed by atoms with Crippen molar-refractivity contribution in [3.63, 3.8) is 0 Å². The average molecular weight is 453 g/mol. The molecular weight excluding hydrogens is 408 g/mol. The molecule has 0 spiro atoms. The SMILES string of the molecule is CC(CC(C)(C)C(C)(C)C(O)O)OC(=O)OCc1cc(C(C)(C)C)c(O)c(C(C)(C)C)c1. The highest BCUT2D eigenvalue weighted by Crippen LogP contribution is 2.44. The number of carbonyl (C=O) groups excluding carboxylic acids is 1. The normalized spacial score (nSPS) is 14.4. The van der Waals surface area contributed by atoms with E-state index < -0.39 is 29.4 Å². The Morgan fingerprint density at radius 2 is 1.34 bits per heavy atom. The van der Waals surface area contributed by atoms with Crippen molar-refractivity contribution in [2.45, 2.75) is 112 Å². The van der Waals surface area contributed by atoms with E-state index >= 15 is 0 Å². The zero-order chi connectivity index (χ0) is 25.3. The van der Waals surface area contributed by atoms with Gasteiger partial charge in [0.15, 0.2) is 6.29 Å².